The molecule has 0 amide bonds. The Morgan fingerprint density at radius 2 is 2.15 bits per heavy atom. The van der Waals surface area contributed by atoms with Gasteiger partial charge in [0.05, 0.1) is 0 Å². The van der Waals surface area contributed by atoms with E-state index in [0.29, 0.717) is 5.69 Å². The third-order valence-electron chi connectivity index (χ3n) is 1.60. The number of fused-ring (bicyclic) bond motifs is 1. The Hall–Kier alpha value is -1.89. The largest absolute Gasteiger partial charge is 0.425 e. The van der Waals surface area contributed by atoms with E-state index in [9.17, 15) is 5.21 Å². The molecule has 0 aromatic rings. The van der Waals surface area contributed by atoms with Crippen molar-refractivity contribution in [1.29, 1.82) is 0 Å². The predicted molar refractivity (Wildman–Crippen MR) is 41.8 cm³/mol. The summed E-state index contributed by atoms with van der Waals surface area (Å²) in [6.07, 6.45) is 2.42. The molecule has 0 aromatic heterocycles. The Kier molecular flexibility index (Phi) is 1.52. The number of hydroxylamine groups is 1. The average Bonchev–Trinajstić information content (AvgIpc) is 2.53. The van der Waals surface area contributed by atoms with E-state index in [2.05, 4.69) is 15.0 Å². The molecule has 2 heterocycles. The monoisotopic (exact) mass is 181 g/mol. The zero-order valence-electron chi connectivity index (χ0n) is 6.79. The number of hydrogen-bond acceptors (Lipinski definition) is 6. The van der Waals surface area contributed by atoms with Crippen molar-refractivity contribution in [3.63, 3.8) is 0 Å². The minimum absolute atomic E-state index is 0.248. The highest BCUT2D eigenvalue weighted by atomic mass is 16.5. The van der Waals surface area contributed by atoms with Crippen molar-refractivity contribution in [3.8, 4) is 11.5 Å². The van der Waals surface area contributed by atoms with Crippen LogP contribution < -0.4 is 5.06 Å². The second kappa shape index (κ2) is 2.56. The first kappa shape index (κ1) is 7.74. The first-order valence-corrected chi connectivity index (χ1v) is 3.50. The highest BCUT2D eigenvalue weighted by Gasteiger charge is 2.18. The molecule has 7 heteroatoms. The molecule has 0 spiro atoms. The van der Waals surface area contributed by atoms with Crippen LogP contribution in [0.1, 0.15) is 0 Å². The SMILES string of the molecule is CN(O)c1ncn(O)c2ncnc1-2. The van der Waals surface area contributed by atoms with Crippen molar-refractivity contribution < 1.29 is 10.4 Å². The van der Waals surface area contributed by atoms with Gasteiger partial charge < -0.3 is 5.21 Å². The van der Waals surface area contributed by atoms with Gasteiger partial charge >= 0.3 is 0 Å². The van der Waals surface area contributed by atoms with E-state index in [-0.39, 0.29) is 11.6 Å². The van der Waals surface area contributed by atoms with Gasteiger partial charge in [0.25, 0.3) is 0 Å². The van der Waals surface area contributed by atoms with Gasteiger partial charge in [0.2, 0.25) is 5.82 Å². The summed E-state index contributed by atoms with van der Waals surface area (Å²) in [6, 6.07) is 0. The number of aromatic nitrogens is 4. The van der Waals surface area contributed by atoms with Gasteiger partial charge in [-0.25, -0.2) is 20.0 Å². The fraction of sp³-hybridized carbons (Fsp3) is 0.167. The molecule has 2 aliphatic rings. The molecule has 2 N–H and O–H groups in total. The van der Waals surface area contributed by atoms with Crippen molar-refractivity contribution in [2.24, 2.45) is 0 Å². The third kappa shape index (κ3) is 1.05. The second-order valence-electron chi connectivity index (χ2n) is 2.48. The van der Waals surface area contributed by atoms with Crippen LogP contribution >= 0.6 is 0 Å². The Bertz CT molecular complexity index is 398. The van der Waals surface area contributed by atoms with Crippen LogP contribution in [-0.2, 0) is 0 Å². The molecule has 2 rings (SSSR count). The fourth-order valence-corrected chi connectivity index (χ4v) is 1.05. The lowest BCUT2D eigenvalue weighted by atomic mass is 10.4. The molecule has 13 heavy (non-hydrogen) atoms. The van der Waals surface area contributed by atoms with Crippen molar-refractivity contribution in [1.82, 2.24) is 19.7 Å². The van der Waals surface area contributed by atoms with E-state index in [1.54, 1.807) is 0 Å². The molecule has 0 aliphatic carbocycles. The van der Waals surface area contributed by atoms with Gasteiger partial charge in [-0.1, -0.05) is 0 Å². The molecule has 0 bridgehead atoms. The zero-order valence-corrected chi connectivity index (χ0v) is 6.79. The summed E-state index contributed by atoms with van der Waals surface area (Å²) >= 11 is 0. The van der Waals surface area contributed by atoms with Crippen molar-refractivity contribution >= 4 is 5.82 Å². The fourth-order valence-electron chi connectivity index (χ4n) is 1.05. The Balaban J connectivity index is 2.68. The van der Waals surface area contributed by atoms with Crippen LogP contribution in [0.4, 0.5) is 5.82 Å². The van der Waals surface area contributed by atoms with Crippen LogP contribution in [0.5, 0.6) is 0 Å². The first-order valence-electron chi connectivity index (χ1n) is 3.50. The lowest BCUT2D eigenvalue weighted by molar-refractivity contribution is 0.182. The van der Waals surface area contributed by atoms with Gasteiger partial charge in [-0.2, -0.15) is 4.73 Å². The number of anilines is 1. The molecule has 68 valence electrons. The molecule has 0 atom stereocenters. The summed E-state index contributed by atoms with van der Waals surface area (Å²) in [7, 11) is 1.41. The van der Waals surface area contributed by atoms with E-state index in [0.717, 1.165) is 16.1 Å². The Labute approximate surface area is 73.2 Å². The number of nitrogens with zero attached hydrogens (tertiary/aromatic N) is 5. The maximum absolute atomic E-state index is 9.22. The molecule has 0 radical (unpaired) electrons. The van der Waals surface area contributed by atoms with Crippen molar-refractivity contribution in [3.05, 3.63) is 12.7 Å². The standard InChI is InChI=1S/C6H7N5O2/c1-10(12)5-4-6(8-2-7-4)11(13)3-9-5/h2-3,12-13H,1H3. The highest BCUT2D eigenvalue weighted by molar-refractivity contribution is 5.66. The summed E-state index contributed by atoms with van der Waals surface area (Å²) < 4.78 is 0.745. The third-order valence-corrected chi connectivity index (χ3v) is 1.60. The van der Waals surface area contributed by atoms with Crippen molar-refractivity contribution in [2.45, 2.75) is 0 Å². The first-order chi connectivity index (χ1) is 6.20. The van der Waals surface area contributed by atoms with Gasteiger partial charge in [-0.05, 0) is 0 Å². The van der Waals surface area contributed by atoms with Crippen LogP contribution in [0, 0.1) is 0 Å². The van der Waals surface area contributed by atoms with E-state index in [1.165, 1.54) is 13.4 Å². The smallest absolute Gasteiger partial charge is 0.201 e. The molecule has 0 fully saturated rings. The van der Waals surface area contributed by atoms with E-state index in [1.807, 2.05) is 0 Å². The predicted octanol–water partition coefficient (Wildman–Crippen LogP) is -0.159. The van der Waals surface area contributed by atoms with Crippen LogP contribution in [0.15, 0.2) is 12.7 Å². The van der Waals surface area contributed by atoms with Crippen molar-refractivity contribution in [2.75, 3.05) is 12.1 Å². The maximum Gasteiger partial charge on any atom is 0.201 e. The van der Waals surface area contributed by atoms with E-state index < -0.39 is 0 Å². The van der Waals surface area contributed by atoms with Crippen LogP contribution in [0.25, 0.3) is 11.5 Å². The molecule has 0 unspecified atom stereocenters. The average molecular weight is 181 g/mol. The summed E-state index contributed by atoms with van der Waals surface area (Å²) in [6.45, 7) is 0. The number of hydrogen-bond donors (Lipinski definition) is 2. The van der Waals surface area contributed by atoms with Crippen LogP contribution in [-0.4, -0.2) is 37.1 Å². The summed E-state index contributed by atoms with van der Waals surface area (Å²) in [4.78, 5) is 11.4. The summed E-state index contributed by atoms with van der Waals surface area (Å²) in [5.41, 5.74) is 0.343. The minimum atomic E-state index is 0.248. The minimum Gasteiger partial charge on any atom is -0.425 e. The van der Waals surface area contributed by atoms with Gasteiger partial charge in [-0.15, -0.1) is 0 Å². The molecular formula is C6H7N5O2. The topological polar surface area (TPSA) is 87.3 Å². The lowest BCUT2D eigenvalue weighted by Crippen LogP contribution is -2.15. The normalized spacial score (nSPS) is 10.6. The van der Waals surface area contributed by atoms with Gasteiger partial charge in [0.15, 0.2) is 11.5 Å². The quantitative estimate of drug-likeness (QED) is 0.469. The Morgan fingerprint density at radius 3 is 2.85 bits per heavy atom. The highest BCUT2D eigenvalue weighted by Crippen LogP contribution is 2.24. The molecule has 7 nitrogen and oxygen atoms in total. The molecule has 0 aromatic carbocycles. The van der Waals surface area contributed by atoms with E-state index in [4.69, 9.17) is 5.21 Å². The molecular weight excluding hydrogens is 174 g/mol. The van der Waals surface area contributed by atoms with E-state index >= 15 is 0 Å². The summed E-state index contributed by atoms with van der Waals surface area (Å²) in [5, 5.41) is 19.2. The van der Waals surface area contributed by atoms with Gasteiger partial charge in [-0.3, -0.25) is 5.21 Å². The molecule has 0 saturated carbocycles. The second-order valence-corrected chi connectivity index (χ2v) is 2.48. The molecule has 2 aliphatic heterocycles. The molecule has 0 saturated heterocycles. The van der Waals surface area contributed by atoms with Gasteiger partial charge in [0, 0.05) is 7.05 Å². The van der Waals surface area contributed by atoms with Crippen LogP contribution in [0.2, 0.25) is 0 Å². The maximum atomic E-state index is 9.22. The van der Waals surface area contributed by atoms with Crippen LogP contribution in [0.3, 0.4) is 0 Å². The number of rotatable bonds is 1. The zero-order chi connectivity index (χ0) is 9.42. The lowest BCUT2D eigenvalue weighted by Gasteiger charge is -2.12. The summed E-state index contributed by atoms with van der Waals surface area (Å²) in [5.74, 6) is 0.503. The van der Waals surface area contributed by atoms with Gasteiger partial charge in [0.1, 0.15) is 12.7 Å². The Morgan fingerprint density at radius 1 is 1.38 bits per heavy atom. The number of imidazole rings is 1.